The number of nitrogens with zero attached hydrogens (tertiary/aromatic N) is 6. The number of piperazine rings is 1. The molecule has 0 spiro atoms. The van der Waals surface area contributed by atoms with Crippen LogP contribution in [0, 0.1) is 15.5 Å². The SMILES string of the molecule is CC1(C)CCC(CN2CCN(c3ccc(C(=O)NS(=O)(=O)c4ccc(NC[C@H]5OCCNCC5[SiH3])c([N+](=O)[O-])c4)c(-n4ncc5nc6[nH]ccc6cc54)c3)CC2)=C(c2ccc(Cl)cc2)C1. The van der Waals surface area contributed by atoms with Crippen LogP contribution in [0.5, 0.6) is 0 Å². The van der Waals surface area contributed by atoms with Gasteiger partial charge in [0.1, 0.15) is 16.9 Å². The molecule has 9 rings (SSSR count). The number of fused-ring (bicyclic) bond motifs is 2. The zero-order chi connectivity index (χ0) is 45.5. The number of aromatic amines is 1. The van der Waals surface area contributed by atoms with Crippen LogP contribution in [0.2, 0.25) is 10.6 Å². The maximum absolute atomic E-state index is 14.2. The van der Waals surface area contributed by atoms with Crippen LogP contribution in [0.3, 0.4) is 0 Å². The molecule has 3 aliphatic rings. The summed E-state index contributed by atoms with van der Waals surface area (Å²) in [7, 11) is -3.72. The Morgan fingerprint density at radius 1 is 1.06 bits per heavy atom. The predicted molar refractivity (Wildman–Crippen MR) is 258 cm³/mol. The second kappa shape index (κ2) is 18.3. The van der Waals surface area contributed by atoms with E-state index in [1.165, 1.54) is 28.8 Å². The lowest BCUT2D eigenvalue weighted by Crippen LogP contribution is -2.47. The lowest BCUT2D eigenvalue weighted by atomic mass is 9.72. The number of nitrogens with one attached hydrogen (secondary N) is 4. The number of benzene rings is 3. The van der Waals surface area contributed by atoms with Crippen LogP contribution in [0.25, 0.3) is 33.3 Å². The molecule has 0 radical (unpaired) electrons. The fraction of sp³-hybridized carbons (Fsp3) is 0.370. The number of pyridine rings is 1. The van der Waals surface area contributed by atoms with E-state index in [-0.39, 0.29) is 28.3 Å². The van der Waals surface area contributed by atoms with Gasteiger partial charge < -0.3 is 25.3 Å². The zero-order valence-corrected chi connectivity index (χ0v) is 40.2. The van der Waals surface area contributed by atoms with Crippen LogP contribution in [0.1, 0.15) is 49.0 Å². The van der Waals surface area contributed by atoms with Crippen molar-refractivity contribution in [1.82, 2.24) is 34.7 Å². The third kappa shape index (κ3) is 9.69. The molecule has 1 unspecified atom stereocenters. The summed E-state index contributed by atoms with van der Waals surface area (Å²) in [5.41, 5.74) is 7.47. The quantitative estimate of drug-likeness (QED) is 0.0645. The number of H-pyrrole nitrogens is 1. The Labute approximate surface area is 385 Å². The first-order valence-electron chi connectivity index (χ1n) is 22.0. The maximum Gasteiger partial charge on any atom is 0.293 e. The van der Waals surface area contributed by atoms with Crippen molar-refractivity contribution in [3.05, 3.63) is 117 Å². The minimum atomic E-state index is -4.59. The molecule has 3 aromatic heterocycles. The Hall–Kier alpha value is -5.63. The second-order valence-electron chi connectivity index (χ2n) is 18.1. The highest BCUT2D eigenvalue weighted by molar-refractivity contribution is 7.90. The maximum atomic E-state index is 14.2. The summed E-state index contributed by atoms with van der Waals surface area (Å²) in [6.07, 6.45) is 6.45. The highest BCUT2D eigenvalue weighted by Crippen LogP contribution is 2.43. The van der Waals surface area contributed by atoms with E-state index >= 15 is 0 Å². The van der Waals surface area contributed by atoms with E-state index in [2.05, 4.69) is 61.2 Å². The number of hydrogen-bond donors (Lipinski definition) is 4. The van der Waals surface area contributed by atoms with E-state index < -0.39 is 31.4 Å². The Balaban J connectivity index is 0.972. The van der Waals surface area contributed by atoms with E-state index in [0.29, 0.717) is 35.5 Å². The molecule has 2 saturated heterocycles. The molecule has 2 aliphatic heterocycles. The largest absolute Gasteiger partial charge is 0.377 e. The van der Waals surface area contributed by atoms with Crippen molar-refractivity contribution in [2.24, 2.45) is 5.41 Å². The third-order valence-corrected chi connectivity index (χ3v) is 15.7. The molecule has 340 valence electrons. The number of hydrogen-bond acceptors (Lipinski definition) is 12. The van der Waals surface area contributed by atoms with Crippen molar-refractivity contribution in [2.75, 3.05) is 69.2 Å². The van der Waals surface area contributed by atoms with E-state index in [9.17, 15) is 23.3 Å². The van der Waals surface area contributed by atoms with Gasteiger partial charge in [0, 0.05) is 84.4 Å². The minimum Gasteiger partial charge on any atom is -0.377 e. The summed E-state index contributed by atoms with van der Waals surface area (Å²) in [6.45, 7) is 11.1. The molecule has 0 saturated carbocycles. The first kappa shape index (κ1) is 44.6. The zero-order valence-electron chi connectivity index (χ0n) is 36.6. The number of ether oxygens (including phenoxy) is 1. The normalized spacial score (nSPS) is 19.7. The van der Waals surface area contributed by atoms with Crippen molar-refractivity contribution < 1.29 is 22.9 Å². The average molecular weight is 938 g/mol. The molecular weight excluding hydrogens is 884 g/mol. The fourth-order valence-corrected chi connectivity index (χ4v) is 11.0. The summed E-state index contributed by atoms with van der Waals surface area (Å²) in [5, 5.41) is 24.9. The highest BCUT2D eigenvalue weighted by Gasteiger charge is 2.31. The standard InChI is InChI=1S/C46H53ClN10O6SSi/c1-46(2)13-11-31(36(24-46)29-3-5-32(47)6-4-29)28-54-16-18-55(19-17-54)33-7-9-35(39(22-33)56-40-21-30-12-14-49-44(30)52-38(40)25-51-56)45(58)53-64(61,62)34-8-10-37(41(23-34)57(59)60)50-26-42-43(65)27-48-15-20-63-42/h3-10,12,14,21-23,25,42-43,48,50H,11,13,15-20,24,26-28H2,1-2,65H3,(H,49,52)(H,53,58)/t42-,43?/m1/s1. The van der Waals surface area contributed by atoms with Crippen molar-refractivity contribution in [1.29, 1.82) is 0 Å². The van der Waals surface area contributed by atoms with E-state index in [1.807, 2.05) is 36.4 Å². The van der Waals surface area contributed by atoms with Crippen LogP contribution in [0.15, 0.2) is 95.7 Å². The number of carbonyl (C=O) groups is 1. The average Bonchev–Trinajstić information content (AvgIpc) is 3.87. The Morgan fingerprint density at radius 3 is 2.65 bits per heavy atom. The van der Waals surface area contributed by atoms with Gasteiger partial charge >= 0.3 is 0 Å². The van der Waals surface area contributed by atoms with Crippen LogP contribution in [0.4, 0.5) is 17.1 Å². The lowest BCUT2D eigenvalue weighted by Gasteiger charge is -2.39. The number of nitro benzene ring substituents is 1. The number of anilines is 2. The van der Waals surface area contributed by atoms with Gasteiger partial charge in [0.15, 0.2) is 0 Å². The van der Waals surface area contributed by atoms with Crippen LogP contribution >= 0.6 is 11.6 Å². The number of carbonyl (C=O) groups excluding carboxylic acids is 1. The summed E-state index contributed by atoms with van der Waals surface area (Å²) in [4.78, 5) is 38.0. The lowest BCUT2D eigenvalue weighted by molar-refractivity contribution is -0.384. The first-order chi connectivity index (χ1) is 31.2. The van der Waals surface area contributed by atoms with E-state index in [1.54, 1.807) is 23.1 Å². The van der Waals surface area contributed by atoms with Crippen molar-refractivity contribution >= 4 is 82.5 Å². The minimum absolute atomic E-state index is 0.0420. The van der Waals surface area contributed by atoms with Gasteiger partial charge in [-0.05, 0) is 102 Å². The molecule has 65 heavy (non-hydrogen) atoms. The summed E-state index contributed by atoms with van der Waals surface area (Å²) in [6, 6.07) is 20.9. The molecular formula is C46H53ClN10O6SSi. The highest BCUT2D eigenvalue weighted by atomic mass is 35.5. The Bertz CT molecular complexity index is 2910. The molecule has 2 atom stereocenters. The summed E-state index contributed by atoms with van der Waals surface area (Å²) in [5.74, 6) is -0.918. The fourth-order valence-electron chi connectivity index (χ4n) is 9.19. The molecule has 3 aromatic carbocycles. The molecule has 5 heterocycles. The Kier molecular flexibility index (Phi) is 12.6. The molecule has 1 amide bonds. The number of rotatable bonds is 12. The summed E-state index contributed by atoms with van der Waals surface area (Å²) >= 11 is 6.26. The number of allylic oxidation sites excluding steroid dienone is 1. The molecule has 19 heteroatoms. The topological polar surface area (TPSA) is 193 Å². The number of amides is 1. The van der Waals surface area contributed by atoms with Gasteiger partial charge in [-0.25, -0.2) is 22.8 Å². The molecule has 1 aliphatic carbocycles. The third-order valence-electron chi connectivity index (χ3n) is 13.0. The van der Waals surface area contributed by atoms with Crippen LogP contribution in [-0.4, -0.2) is 119 Å². The van der Waals surface area contributed by atoms with Crippen molar-refractivity contribution in [2.45, 2.75) is 49.7 Å². The van der Waals surface area contributed by atoms with Gasteiger partial charge in [0.05, 0.1) is 45.5 Å². The molecule has 6 aromatic rings. The summed E-state index contributed by atoms with van der Waals surface area (Å²) < 4.78 is 37.5. The van der Waals surface area contributed by atoms with Gasteiger partial charge in [0.2, 0.25) is 0 Å². The molecule has 4 N–H and O–H groups in total. The molecule has 2 fully saturated rings. The van der Waals surface area contributed by atoms with Crippen molar-refractivity contribution in [3.63, 3.8) is 0 Å². The van der Waals surface area contributed by atoms with E-state index in [0.717, 1.165) is 97.5 Å². The smallest absolute Gasteiger partial charge is 0.293 e. The molecule has 0 bridgehead atoms. The van der Waals surface area contributed by atoms with Crippen LogP contribution < -0.4 is 20.3 Å². The first-order valence-corrected chi connectivity index (χ1v) is 25.1. The molecule has 16 nitrogen and oxygen atoms in total. The van der Waals surface area contributed by atoms with Crippen LogP contribution in [-0.2, 0) is 14.8 Å². The van der Waals surface area contributed by atoms with Gasteiger partial charge in [-0.1, -0.05) is 43.2 Å². The second-order valence-corrected chi connectivity index (χ2v) is 21.7. The predicted octanol–water partition coefficient (Wildman–Crippen LogP) is 5.92. The monoisotopic (exact) mass is 936 g/mol. The number of nitro groups is 1. The number of halogens is 1. The van der Waals surface area contributed by atoms with Gasteiger partial charge in [-0.2, -0.15) is 5.10 Å². The van der Waals surface area contributed by atoms with Crippen molar-refractivity contribution in [3.8, 4) is 5.69 Å². The van der Waals surface area contributed by atoms with Gasteiger partial charge in [-0.3, -0.25) is 19.8 Å². The van der Waals surface area contributed by atoms with E-state index in [4.69, 9.17) is 21.3 Å². The Morgan fingerprint density at radius 2 is 1.86 bits per heavy atom. The van der Waals surface area contributed by atoms with Gasteiger partial charge in [0.25, 0.3) is 21.6 Å². The number of sulfonamides is 1. The number of aromatic nitrogens is 4. The van der Waals surface area contributed by atoms with Gasteiger partial charge in [-0.15, -0.1) is 0 Å².